The maximum atomic E-state index is 11.7. The van der Waals surface area contributed by atoms with Crippen molar-refractivity contribution >= 4 is 38.4 Å². The van der Waals surface area contributed by atoms with E-state index in [1.807, 2.05) is 0 Å². The van der Waals surface area contributed by atoms with Crippen LogP contribution >= 0.6 is 15.6 Å². The SMILES string of the molecule is N[C@@H]1CCCC[C@H]1N.N[C@H]1CCCC[C@@H]1N.O=[N+]([O-])c1ccc(OP(=O)([O-])Oc2ccc([N+](=O)[O-])cc2)cc1.O=[N+]([O-])c1ccc(OP(=O)([O-])Oc2ccc([N+](=O)[O-])cc2)cc1.[Cu+2]. The standard InChI is InChI=1S/2C12H9N2O8P.2C6H14N2.Cu/c2*15-13(16)9-1-5-11(6-2-9)21-23(19,20)22-12-7-3-10(4-8-12)14(17)18;2*7-5-3-1-2-4-6(5)8;/h2*1-8H,(H,19,20);2*5-6H,1-4,7-8H2;/q;;;;+2/p-2/t;;2*5-,6-;/m..10./s1. The molecule has 2 aliphatic rings. The van der Waals surface area contributed by atoms with Crippen LogP contribution < -0.4 is 50.8 Å². The van der Waals surface area contributed by atoms with Crippen molar-refractivity contribution in [2.24, 2.45) is 22.9 Å². The van der Waals surface area contributed by atoms with Gasteiger partial charge in [-0.2, -0.15) is 0 Å². The first-order valence-electron chi connectivity index (χ1n) is 18.6. The maximum Gasteiger partial charge on any atom is 2.00 e. The molecular formula is C36H44CuN8O16P2. The van der Waals surface area contributed by atoms with Gasteiger partial charge in [-0.15, -0.1) is 0 Å². The second-order valence-corrected chi connectivity index (χ2v) is 16.0. The first-order chi connectivity index (χ1) is 29.1. The van der Waals surface area contributed by atoms with Crippen molar-refractivity contribution < 1.29 is 73.8 Å². The third kappa shape index (κ3) is 19.6. The van der Waals surface area contributed by atoms with Crippen LogP contribution in [-0.2, 0) is 26.2 Å². The molecule has 2 saturated carbocycles. The summed E-state index contributed by atoms with van der Waals surface area (Å²) in [7, 11) is -9.61. The summed E-state index contributed by atoms with van der Waals surface area (Å²) < 4.78 is 42.0. The van der Waals surface area contributed by atoms with Crippen LogP contribution in [0, 0.1) is 40.5 Å². The number of nitro benzene ring substituents is 4. The molecule has 0 aromatic heterocycles. The Bertz CT molecular complexity index is 1890. The number of nitrogens with two attached hydrogens (primary N) is 4. The van der Waals surface area contributed by atoms with Crippen LogP contribution in [0.1, 0.15) is 51.4 Å². The molecule has 0 heterocycles. The number of phosphoric ester groups is 2. The molecule has 2 aliphatic carbocycles. The zero-order valence-electron chi connectivity index (χ0n) is 33.0. The molecule has 0 aliphatic heterocycles. The maximum absolute atomic E-state index is 11.7. The molecule has 0 saturated heterocycles. The van der Waals surface area contributed by atoms with E-state index in [1.165, 1.54) is 25.7 Å². The Balaban J connectivity index is 0.000000318. The fraction of sp³-hybridized carbons (Fsp3) is 0.333. The van der Waals surface area contributed by atoms with E-state index in [9.17, 15) is 59.4 Å². The van der Waals surface area contributed by atoms with Crippen molar-refractivity contribution in [3.63, 3.8) is 0 Å². The molecule has 345 valence electrons. The van der Waals surface area contributed by atoms with Gasteiger partial charge in [-0.05, 0) is 74.2 Å². The molecular weight excluding hydrogens is 926 g/mol. The molecule has 6 rings (SSSR count). The van der Waals surface area contributed by atoms with Gasteiger partial charge in [0.25, 0.3) is 22.7 Å². The van der Waals surface area contributed by atoms with Crippen LogP contribution in [0.15, 0.2) is 97.1 Å². The van der Waals surface area contributed by atoms with E-state index in [4.69, 9.17) is 22.9 Å². The number of hydrogen-bond donors (Lipinski definition) is 4. The average Bonchev–Trinajstić information content (AvgIpc) is 3.21. The molecule has 0 bridgehead atoms. The largest absolute Gasteiger partial charge is 2.00 e. The Labute approximate surface area is 370 Å². The van der Waals surface area contributed by atoms with Crippen molar-refractivity contribution in [2.45, 2.75) is 75.5 Å². The van der Waals surface area contributed by atoms with Gasteiger partial charge in [0.05, 0.1) is 19.7 Å². The molecule has 27 heteroatoms. The first-order valence-corrected chi connectivity index (χ1v) is 21.5. The van der Waals surface area contributed by atoms with Crippen molar-refractivity contribution in [1.29, 1.82) is 0 Å². The molecule has 4 atom stereocenters. The van der Waals surface area contributed by atoms with E-state index in [-0.39, 0.29) is 87.0 Å². The second kappa shape index (κ2) is 25.5. The summed E-state index contributed by atoms with van der Waals surface area (Å²) in [5, 5.41) is 42.0. The summed E-state index contributed by atoms with van der Waals surface area (Å²) in [6, 6.07) is 18.5. The smallest absolute Gasteiger partial charge is 0.736 e. The molecule has 2 fully saturated rings. The van der Waals surface area contributed by atoms with Crippen molar-refractivity contribution in [3.05, 3.63) is 138 Å². The van der Waals surface area contributed by atoms with Crippen LogP contribution in [0.25, 0.3) is 0 Å². The number of nitrogens with zero attached hydrogens (tertiary/aromatic N) is 4. The number of hydrogen-bond acceptors (Lipinski definition) is 20. The molecule has 0 spiro atoms. The Kier molecular flexibility index (Phi) is 21.7. The first kappa shape index (κ1) is 53.6. The van der Waals surface area contributed by atoms with Crippen molar-refractivity contribution in [1.82, 2.24) is 0 Å². The van der Waals surface area contributed by atoms with E-state index in [1.54, 1.807) is 0 Å². The van der Waals surface area contributed by atoms with Crippen LogP contribution in [0.2, 0.25) is 0 Å². The molecule has 4 aromatic carbocycles. The van der Waals surface area contributed by atoms with E-state index in [0.29, 0.717) is 0 Å². The Hall–Kier alpha value is -5.58. The minimum absolute atomic E-state index is 0. The van der Waals surface area contributed by atoms with Gasteiger partial charge in [0.1, 0.15) is 23.0 Å². The van der Waals surface area contributed by atoms with Crippen LogP contribution in [0.4, 0.5) is 22.7 Å². The monoisotopic (exact) mass is 969 g/mol. The number of rotatable bonds is 12. The molecule has 4 aromatic rings. The number of phosphoric acid groups is 2. The minimum Gasteiger partial charge on any atom is -0.736 e. The zero-order chi connectivity index (χ0) is 46.0. The van der Waals surface area contributed by atoms with E-state index >= 15 is 0 Å². The fourth-order valence-electron chi connectivity index (χ4n) is 5.44. The molecule has 1 radical (unpaired) electrons. The number of non-ortho nitro benzene ring substituents is 4. The second-order valence-electron chi connectivity index (χ2n) is 13.5. The van der Waals surface area contributed by atoms with E-state index < -0.39 is 35.3 Å². The Morgan fingerprint density at radius 2 is 0.556 bits per heavy atom. The minimum atomic E-state index is -4.80. The average molecular weight is 970 g/mol. The zero-order valence-corrected chi connectivity index (χ0v) is 35.8. The van der Waals surface area contributed by atoms with Crippen molar-refractivity contribution in [3.8, 4) is 23.0 Å². The van der Waals surface area contributed by atoms with Gasteiger partial charge in [0.15, 0.2) is 0 Å². The Morgan fingerprint density at radius 3 is 0.683 bits per heavy atom. The number of benzene rings is 4. The van der Waals surface area contributed by atoms with E-state index in [2.05, 4.69) is 18.1 Å². The van der Waals surface area contributed by atoms with Gasteiger partial charge in [-0.1, -0.05) is 25.7 Å². The van der Waals surface area contributed by atoms with Gasteiger partial charge in [-0.25, -0.2) is 9.13 Å². The molecule has 0 amide bonds. The van der Waals surface area contributed by atoms with Gasteiger partial charge >= 0.3 is 32.7 Å². The third-order valence-electron chi connectivity index (χ3n) is 8.81. The summed E-state index contributed by atoms with van der Waals surface area (Å²) in [6.45, 7) is 0. The summed E-state index contributed by atoms with van der Waals surface area (Å²) in [5.74, 6) is -0.682. The fourth-order valence-corrected chi connectivity index (χ4v) is 7.04. The predicted molar refractivity (Wildman–Crippen MR) is 219 cm³/mol. The number of nitro groups is 4. The van der Waals surface area contributed by atoms with Gasteiger partial charge in [0, 0.05) is 72.7 Å². The van der Waals surface area contributed by atoms with Gasteiger partial charge in [-0.3, -0.25) is 40.5 Å². The normalized spacial score (nSPS) is 18.0. The summed E-state index contributed by atoms with van der Waals surface area (Å²) in [6.07, 6.45) is 9.60. The third-order valence-corrected chi connectivity index (χ3v) is 10.5. The topological polar surface area (TPSA) is 394 Å². The molecule has 63 heavy (non-hydrogen) atoms. The quantitative estimate of drug-likeness (QED) is 0.0606. The van der Waals surface area contributed by atoms with E-state index in [0.717, 1.165) is 123 Å². The van der Waals surface area contributed by atoms with Gasteiger partial charge < -0.3 is 50.8 Å². The molecule has 0 unspecified atom stereocenters. The van der Waals surface area contributed by atoms with Gasteiger partial charge in [0.2, 0.25) is 0 Å². The van der Waals surface area contributed by atoms with Crippen molar-refractivity contribution in [2.75, 3.05) is 0 Å². The van der Waals surface area contributed by atoms with Crippen LogP contribution in [-0.4, -0.2) is 43.9 Å². The predicted octanol–water partition coefficient (Wildman–Crippen LogP) is 5.29. The van der Waals surface area contributed by atoms with Crippen LogP contribution in [0.3, 0.4) is 0 Å². The summed E-state index contributed by atoms with van der Waals surface area (Å²) in [5.41, 5.74) is 21.7. The summed E-state index contributed by atoms with van der Waals surface area (Å²) >= 11 is 0. The van der Waals surface area contributed by atoms with Crippen LogP contribution in [0.5, 0.6) is 23.0 Å². The molecule has 8 N–H and O–H groups in total. The molecule has 24 nitrogen and oxygen atoms in total. The Morgan fingerprint density at radius 1 is 0.397 bits per heavy atom. The summed E-state index contributed by atoms with van der Waals surface area (Å²) in [4.78, 5) is 62.8.